The van der Waals surface area contributed by atoms with Crippen LogP contribution < -0.4 is 16.8 Å². The van der Waals surface area contributed by atoms with Crippen LogP contribution in [0.15, 0.2) is 30.3 Å². The topological polar surface area (TPSA) is 152 Å². The van der Waals surface area contributed by atoms with Crippen LogP contribution in [-0.2, 0) is 26.5 Å². The van der Waals surface area contributed by atoms with Crippen molar-refractivity contribution in [1.29, 1.82) is 0 Å². The summed E-state index contributed by atoms with van der Waals surface area (Å²) >= 11 is 12.2. The molecule has 1 saturated heterocycles. The van der Waals surface area contributed by atoms with Crippen LogP contribution in [-0.4, -0.2) is 45.4 Å². The standard InChI is InChI=1S/C21H23Cl2N5O4/c1-11-12(4-7-17(24)27-11)10-26-20(32)21(19(25)31,13-5-6-14(22)15(23)9-13)28-8-2-3-16(28)18(29)30/h4-7,9,16H,2-3,8,10H2,1H3,(H2,24,27)(H2,25,31)(H,26,32)(H,29,30)/t16-,21-/m1/s1. The first-order chi connectivity index (χ1) is 15.1. The number of pyridine rings is 1. The Kier molecular flexibility index (Phi) is 6.92. The molecule has 2 heterocycles. The minimum atomic E-state index is -2.11. The van der Waals surface area contributed by atoms with Crippen LogP contribution in [0.1, 0.15) is 29.7 Å². The van der Waals surface area contributed by atoms with E-state index in [0.29, 0.717) is 23.5 Å². The van der Waals surface area contributed by atoms with Gasteiger partial charge in [0.25, 0.3) is 11.8 Å². The maximum absolute atomic E-state index is 13.6. The summed E-state index contributed by atoms with van der Waals surface area (Å²) in [7, 11) is 0. The molecule has 1 aromatic carbocycles. The lowest BCUT2D eigenvalue weighted by Crippen LogP contribution is -2.65. The van der Waals surface area contributed by atoms with Gasteiger partial charge in [0.2, 0.25) is 5.54 Å². The van der Waals surface area contributed by atoms with E-state index in [1.165, 1.54) is 23.1 Å². The summed E-state index contributed by atoms with van der Waals surface area (Å²) in [6.07, 6.45) is 0.738. The highest BCUT2D eigenvalue weighted by atomic mass is 35.5. The van der Waals surface area contributed by atoms with Crippen LogP contribution >= 0.6 is 23.2 Å². The number of carboxylic acids is 1. The quantitative estimate of drug-likeness (QED) is 0.441. The predicted molar refractivity (Wildman–Crippen MR) is 120 cm³/mol. The van der Waals surface area contributed by atoms with Gasteiger partial charge in [-0.2, -0.15) is 0 Å². The Hall–Kier alpha value is -2.88. The molecule has 170 valence electrons. The molecule has 3 rings (SSSR count). The summed E-state index contributed by atoms with van der Waals surface area (Å²) in [5.41, 5.74) is 10.8. The highest BCUT2D eigenvalue weighted by molar-refractivity contribution is 6.42. The highest BCUT2D eigenvalue weighted by Crippen LogP contribution is 2.38. The molecule has 11 heteroatoms. The molecule has 2 atom stereocenters. The van der Waals surface area contributed by atoms with Gasteiger partial charge >= 0.3 is 5.97 Å². The number of hydrogen-bond donors (Lipinski definition) is 4. The first kappa shape index (κ1) is 23.8. The van der Waals surface area contributed by atoms with E-state index in [1.54, 1.807) is 19.1 Å². The van der Waals surface area contributed by atoms with Gasteiger partial charge in [0.1, 0.15) is 11.9 Å². The first-order valence-corrected chi connectivity index (χ1v) is 10.6. The van der Waals surface area contributed by atoms with Gasteiger partial charge in [-0.3, -0.25) is 19.3 Å². The number of aliphatic carboxylic acids is 1. The number of hydrogen-bond acceptors (Lipinski definition) is 6. The Morgan fingerprint density at radius 1 is 1.25 bits per heavy atom. The third-order valence-electron chi connectivity index (χ3n) is 5.65. The molecule has 0 saturated carbocycles. The molecule has 1 aromatic heterocycles. The normalized spacial score (nSPS) is 18.2. The minimum Gasteiger partial charge on any atom is -0.480 e. The van der Waals surface area contributed by atoms with Crippen molar-refractivity contribution in [3.63, 3.8) is 0 Å². The molecule has 6 N–H and O–H groups in total. The van der Waals surface area contributed by atoms with Gasteiger partial charge in [-0.05, 0) is 49.1 Å². The second kappa shape index (κ2) is 9.32. The fourth-order valence-corrected chi connectivity index (χ4v) is 4.37. The van der Waals surface area contributed by atoms with Crippen molar-refractivity contribution < 1.29 is 19.5 Å². The molecule has 1 fully saturated rings. The van der Waals surface area contributed by atoms with Crippen molar-refractivity contribution in [2.75, 3.05) is 12.3 Å². The predicted octanol–water partition coefficient (Wildman–Crippen LogP) is 1.83. The maximum atomic E-state index is 13.6. The molecule has 0 bridgehead atoms. The van der Waals surface area contributed by atoms with Gasteiger partial charge in [0, 0.05) is 18.8 Å². The molecule has 2 amide bonds. The Labute approximate surface area is 194 Å². The molecule has 2 aromatic rings. The van der Waals surface area contributed by atoms with E-state index >= 15 is 0 Å². The number of nitrogens with one attached hydrogen (secondary N) is 1. The lowest BCUT2D eigenvalue weighted by Gasteiger charge is -2.40. The average Bonchev–Trinajstić information content (AvgIpc) is 3.20. The SMILES string of the molecule is Cc1nc(N)ccc1CNC(=O)[C@](C(N)=O)(c1ccc(Cl)c(Cl)c1)N1CCC[C@@H]1C(=O)O. The number of aromatic nitrogens is 1. The van der Waals surface area contributed by atoms with Crippen molar-refractivity contribution in [2.45, 2.75) is 37.9 Å². The van der Waals surface area contributed by atoms with Gasteiger partial charge < -0.3 is 21.9 Å². The third-order valence-corrected chi connectivity index (χ3v) is 6.39. The number of halogens is 2. The Morgan fingerprint density at radius 3 is 2.56 bits per heavy atom. The maximum Gasteiger partial charge on any atom is 0.320 e. The van der Waals surface area contributed by atoms with Crippen molar-refractivity contribution in [2.24, 2.45) is 5.73 Å². The van der Waals surface area contributed by atoms with E-state index in [4.69, 9.17) is 34.7 Å². The zero-order chi connectivity index (χ0) is 23.6. The lowest BCUT2D eigenvalue weighted by molar-refractivity contribution is -0.153. The van der Waals surface area contributed by atoms with E-state index in [0.717, 1.165) is 0 Å². The summed E-state index contributed by atoms with van der Waals surface area (Å²) in [6, 6.07) is 6.47. The third kappa shape index (κ3) is 4.23. The van der Waals surface area contributed by atoms with E-state index in [9.17, 15) is 19.5 Å². The molecular weight excluding hydrogens is 457 g/mol. The Bertz CT molecular complexity index is 1080. The van der Waals surface area contributed by atoms with Crippen LogP contribution in [0.5, 0.6) is 0 Å². The summed E-state index contributed by atoms with van der Waals surface area (Å²) in [5, 5.41) is 12.8. The zero-order valence-corrected chi connectivity index (χ0v) is 18.8. The number of carbonyl (C=O) groups is 3. The fraction of sp³-hybridized carbons (Fsp3) is 0.333. The van der Waals surface area contributed by atoms with Crippen molar-refractivity contribution in [3.05, 3.63) is 57.2 Å². The average molecular weight is 480 g/mol. The second-order valence-electron chi connectivity index (χ2n) is 7.56. The number of aryl methyl sites for hydroxylation is 1. The summed E-state index contributed by atoms with van der Waals surface area (Å²) in [4.78, 5) is 44.0. The monoisotopic (exact) mass is 479 g/mol. The molecular formula is C21H23Cl2N5O4. The van der Waals surface area contributed by atoms with Gasteiger partial charge in [0.05, 0.1) is 10.0 Å². The van der Waals surface area contributed by atoms with Crippen LogP contribution in [0.2, 0.25) is 10.0 Å². The molecule has 0 radical (unpaired) electrons. The van der Waals surface area contributed by atoms with Crippen molar-refractivity contribution >= 4 is 46.8 Å². The fourth-order valence-electron chi connectivity index (χ4n) is 4.07. The smallest absolute Gasteiger partial charge is 0.320 e. The molecule has 9 nitrogen and oxygen atoms in total. The number of nitrogens with two attached hydrogens (primary N) is 2. The van der Waals surface area contributed by atoms with Gasteiger partial charge in [-0.1, -0.05) is 35.3 Å². The van der Waals surface area contributed by atoms with Crippen LogP contribution in [0.25, 0.3) is 0 Å². The number of nitrogens with zero attached hydrogens (tertiary/aromatic N) is 2. The number of amides is 2. The van der Waals surface area contributed by atoms with E-state index < -0.39 is 29.4 Å². The number of anilines is 1. The molecule has 0 spiro atoms. The number of rotatable bonds is 7. The number of carboxylic acid groups (broad SMARTS) is 1. The minimum absolute atomic E-state index is 0.0277. The largest absolute Gasteiger partial charge is 0.480 e. The van der Waals surface area contributed by atoms with E-state index in [1.807, 2.05) is 0 Å². The van der Waals surface area contributed by atoms with Gasteiger partial charge in [-0.25, -0.2) is 4.98 Å². The van der Waals surface area contributed by atoms with Crippen molar-refractivity contribution in [1.82, 2.24) is 15.2 Å². The number of carbonyl (C=O) groups excluding carboxylic acids is 2. The molecule has 1 aliphatic rings. The molecule has 0 aliphatic carbocycles. The van der Waals surface area contributed by atoms with Gasteiger partial charge in [-0.15, -0.1) is 0 Å². The summed E-state index contributed by atoms with van der Waals surface area (Å²) in [6.45, 7) is 1.94. The van der Waals surface area contributed by atoms with E-state index in [2.05, 4.69) is 10.3 Å². The van der Waals surface area contributed by atoms with Crippen molar-refractivity contribution in [3.8, 4) is 0 Å². The summed E-state index contributed by atoms with van der Waals surface area (Å²) in [5.74, 6) is -2.61. The second-order valence-corrected chi connectivity index (χ2v) is 8.37. The number of benzene rings is 1. The van der Waals surface area contributed by atoms with Crippen LogP contribution in [0.4, 0.5) is 5.82 Å². The number of likely N-dealkylation sites (tertiary alicyclic amines) is 1. The zero-order valence-electron chi connectivity index (χ0n) is 17.3. The summed E-state index contributed by atoms with van der Waals surface area (Å²) < 4.78 is 0. The molecule has 0 unspecified atom stereocenters. The Balaban J connectivity index is 2.09. The molecule has 1 aliphatic heterocycles. The lowest BCUT2D eigenvalue weighted by atomic mass is 9.85. The number of nitrogen functional groups attached to an aromatic ring is 1. The molecule has 32 heavy (non-hydrogen) atoms. The Morgan fingerprint density at radius 2 is 1.97 bits per heavy atom. The van der Waals surface area contributed by atoms with Gasteiger partial charge in [0.15, 0.2) is 0 Å². The first-order valence-electron chi connectivity index (χ1n) is 9.84. The van der Waals surface area contributed by atoms with Crippen LogP contribution in [0, 0.1) is 6.92 Å². The van der Waals surface area contributed by atoms with Crippen LogP contribution in [0.3, 0.4) is 0 Å². The number of primary amides is 1. The van der Waals surface area contributed by atoms with E-state index in [-0.39, 0.29) is 35.1 Å². The highest BCUT2D eigenvalue weighted by Gasteiger charge is 2.56.